The van der Waals surface area contributed by atoms with Crippen molar-refractivity contribution >= 4 is 17.7 Å². The second-order valence-electron chi connectivity index (χ2n) is 2.11. The molecule has 0 bridgehead atoms. The Labute approximate surface area is 50.8 Å². The third-order valence-corrected chi connectivity index (χ3v) is 1.10. The van der Waals surface area contributed by atoms with Crippen LogP contribution in [-0.2, 0) is 4.10 Å². The quantitative estimate of drug-likeness (QED) is 0.567. The van der Waals surface area contributed by atoms with E-state index in [1.54, 1.807) is 18.8 Å². The normalized spacial score (nSPS) is 13.6. The van der Waals surface area contributed by atoms with Gasteiger partial charge in [0.1, 0.15) is 0 Å². The fraction of sp³-hybridized carbons (Fsp3) is 1.00. The molecule has 0 unspecified atom stereocenters. The first kappa shape index (κ1) is 8.26. The van der Waals surface area contributed by atoms with E-state index in [1.807, 2.05) is 0 Å². The van der Waals surface area contributed by atoms with E-state index in [1.165, 1.54) is 0 Å². The highest BCUT2D eigenvalue weighted by Crippen LogP contribution is 2.36. The molecule has 0 heterocycles. The molecule has 0 atom stereocenters. The van der Waals surface area contributed by atoms with Crippen molar-refractivity contribution in [2.75, 3.05) is 18.8 Å². The van der Waals surface area contributed by atoms with Crippen LogP contribution in [0.25, 0.3) is 0 Å². The standard InChI is InChI=1S/C3H10BFO2S/c1-8(2,3)7-4(5)6/h6H,1-3H3. The number of hydrogen-bond acceptors (Lipinski definition) is 2. The van der Waals surface area contributed by atoms with E-state index in [-0.39, 0.29) is 0 Å². The van der Waals surface area contributed by atoms with E-state index in [4.69, 9.17) is 5.02 Å². The maximum absolute atomic E-state index is 11.6. The molecule has 0 aromatic rings. The lowest BCUT2D eigenvalue weighted by atomic mass is 10.3. The molecule has 1 N–H and O–H groups in total. The van der Waals surface area contributed by atoms with Crippen LogP contribution in [0.15, 0.2) is 0 Å². The summed E-state index contributed by atoms with van der Waals surface area (Å²) < 4.78 is 16.0. The van der Waals surface area contributed by atoms with Crippen molar-refractivity contribution in [1.29, 1.82) is 0 Å². The summed E-state index contributed by atoms with van der Waals surface area (Å²) in [5.41, 5.74) is 0. The van der Waals surface area contributed by atoms with Crippen molar-refractivity contribution in [3.63, 3.8) is 0 Å². The highest BCUT2D eigenvalue weighted by molar-refractivity contribution is 8.28. The molecule has 0 saturated heterocycles. The van der Waals surface area contributed by atoms with Crippen molar-refractivity contribution in [3.05, 3.63) is 0 Å². The molecule has 0 aromatic carbocycles. The summed E-state index contributed by atoms with van der Waals surface area (Å²) in [5, 5.41) is 8.02. The lowest BCUT2D eigenvalue weighted by Crippen LogP contribution is -2.13. The van der Waals surface area contributed by atoms with Crippen molar-refractivity contribution < 1.29 is 13.4 Å². The van der Waals surface area contributed by atoms with E-state index in [2.05, 4.69) is 4.10 Å². The monoisotopic (exact) mass is 140 g/mol. The average Bonchev–Trinajstić information content (AvgIpc) is 1.21. The Kier molecular flexibility index (Phi) is 2.80. The Balaban J connectivity index is 3.39. The molecule has 0 spiro atoms. The second kappa shape index (κ2) is 2.71. The van der Waals surface area contributed by atoms with Gasteiger partial charge < -0.3 is 9.12 Å². The van der Waals surface area contributed by atoms with Gasteiger partial charge in [-0.2, -0.15) is 10.3 Å². The average molecular weight is 140 g/mol. The van der Waals surface area contributed by atoms with Gasteiger partial charge in [-0.1, -0.05) is 0 Å². The second-order valence-corrected chi connectivity index (χ2v) is 5.75. The minimum atomic E-state index is -2.12. The minimum Gasteiger partial charge on any atom is -0.398 e. The first-order chi connectivity index (χ1) is 3.42. The SMILES string of the molecule is CS(C)(C)OB(O)F. The molecule has 8 heavy (non-hydrogen) atoms. The van der Waals surface area contributed by atoms with Crippen LogP contribution in [0.4, 0.5) is 4.32 Å². The van der Waals surface area contributed by atoms with E-state index in [0.29, 0.717) is 0 Å². The van der Waals surface area contributed by atoms with Gasteiger partial charge in [0.15, 0.2) is 0 Å². The third-order valence-electron chi connectivity index (χ3n) is 0.368. The largest absolute Gasteiger partial charge is 0.687 e. The molecule has 0 aliphatic rings. The summed E-state index contributed by atoms with van der Waals surface area (Å²) in [5.74, 6) is 0. The summed E-state index contributed by atoms with van der Waals surface area (Å²) in [6.45, 7) is 0. The first-order valence-electron chi connectivity index (χ1n) is 2.10. The van der Waals surface area contributed by atoms with Crippen molar-refractivity contribution in [3.8, 4) is 0 Å². The molecule has 0 aliphatic carbocycles. The molecular formula is C3H10BFO2S. The lowest BCUT2D eigenvalue weighted by Gasteiger charge is -2.24. The van der Waals surface area contributed by atoms with Crippen LogP contribution in [0, 0.1) is 0 Å². The zero-order valence-corrected chi connectivity index (χ0v) is 6.04. The molecule has 0 rings (SSSR count). The molecule has 0 radical (unpaired) electrons. The van der Waals surface area contributed by atoms with Crippen molar-refractivity contribution in [2.24, 2.45) is 0 Å². The minimum absolute atomic E-state index is 1.35. The van der Waals surface area contributed by atoms with Crippen LogP contribution in [0.3, 0.4) is 0 Å². The van der Waals surface area contributed by atoms with Gasteiger partial charge >= 0.3 is 7.40 Å². The Morgan fingerprint density at radius 3 is 1.88 bits per heavy atom. The Morgan fingerprint density at radius 1 is 1.50 bits per heavy atom. The van der Waals surface area contributed by atoms with Crippen molar-refractivity contribution in [1.82, 2.24) is 0 Å². The lowest BCUT2D eigenvalue weighted by molar-refractivity contribution is 0.372. The zero-order valence-electron chi connectivity index (χ0n) is 5.22. The predicted molar refractivity (Wildman–Crippen MR) is 35.5 cm³/mol. The van der Waals surface area contributed by atoms with Crippen LogP contribution in [0.2, 0.25) is 0 Å². The number of halogens is 1. The summed E-state index contributed by atoms with van der Waals surface area (Å²) in [6, 6.07) is 0. The Bertz CT molecular complexity index is 72.2. The van der Waals surface area contributed by atoms with Gasteiger partial charge in [-0.25, -0.2) is 0 Å². The summed E-state index contributed by atoms with van der Waals surface area (Å²) >= 11 is 0. The van der Waals surface area contributed by atoms with Gasteiger partial charge in [0, 0.05) is 0 Å². The Hall–Kier alpha value is 0.265. The third kappa shape index (κ3) is 6.26. The maximum Gasteiger partial charge on any atom is 0.687 e. The highest BCUT2D eigenvalue weighted by Gasteiger charge is 2.18. The van der Waals surface area contributed by atoms with Gasteiger partial charge in [-0.05, 0) is 18.8 Å². The van der Waals surface area contributed by atoms with Crippen LogP contribution >= 0.6 is 10.3 Å². The molecular weight excluding hydrogens is 130 g/mol. The molecule has 0 aromatic heterocycles. The number of hydrogen-bond donors (Lipinski definition) is 1. The van der Waals surface area contributed by atoms with Crippen LogP contribution in [0.5, 0.6) is 0 Å². The van der Waals surface area contributed by atoms with Gasteiger partial charge in [-0.3, -0.25) is 4.32 Å². The van der Waals surface area contributed by atoms with Crippen LogP contribution in [0.1, 0.15) is 0 Å². The van der Waals surface area contributed by atoms with Gasteiger partial charge in [0.25, 0.3) is 0 Å². The smallest absolute Gasteiger partial charge is 0.398 e. The molecule has 0 fully saturated rings. The van der Waals surface area contributed by atoms with Gasteiger partial charge in [-0.15, -0.1) is 0 Å². The predicted octanol–water partition coefficient (Wildman–Crippen LogP) is 0.559. The first-order valence-corrected chi connectivity index (χ1v) is 4.89. The molecule has 5 heteroatoms. The molecule has 0 saturated carbocycles. The van der Waals surface area contributed by atoms with Crippen molar-refractivity contribution in [2.45, 2.75) is 0 Å². The van der Waals surface area contributed by atoms with Crippen LogP contribution < -0.4 is 0 Å². The molecule has 0 aliphatic heterocycles. The zero-order chi connectivity index (χ0) is 6.78. The van der Waals surface area contributed by atoms with E-state index < -0.39 is 17.7 Å². The highest BCUT2D eigenvalue weighted by atomic mass is 32.3. The molecule has 2 nitrogen and oxygen atoms in total. The van der Waals surface area contributed by atoms with Gasteiger partial charge in [0.05, 0.1) is 0 Å². The van der Waals surface area contributed by atoms with Gasteiger partial charge in [0.2, 0.25) is 0 Å². The molecule has 50 valence electrons. The summed E-state index contributed by atoms with van der Waals surface area (Å²) in [6.07, 6.45) is 5.24. The summed E-state index contributed by atoms with van der Waals surface area (Å²) in [7, 11) is -3.47. The molecule has 0 amide bonds. The maximum atomic E-state index is 11.6. The Morgan fingerprint density at radius 2 is 1.88 bits per heavy atom. The topological polar surface area (TPSA) is 29.5 Å². The van der Waals surface area contributed by atoms with E-state index in [9.17, 15) is 4.32 Å². The fourth-order valence-corrected chi connectivity index (χ4v) is 0.715. The fourth-order valence-electron chi connectivity index (χ4n) is 0.238. The van der Waals surface area contributed by atoms with E-state index >= 15 is 0 Å². The van der Waals surface area contributed by atoms with E-state index in [0.717, 1.165) is 0 Å². The number of rotatable bonds is 2. The van der Waals surface area contributed by atoms with Crippen LogP contribution in [-0.4, -0.2) is 31.2 Å². The summed E-state index contributed by atoms with van der Waals surface area (Å²) in [4.78, 5) is 0.